The minimum absolute atomic E-state index is 0.103. The molecule has 0 bridgehead atoms. The minimum Gasteiger partial charge on any atom is -0.379 e. The molecule has 2 saturated heterocycles. The average Bonchev–Trinajstić information content (AvgIpc) is 3.15. The van der Waals surface area contributed by atoms with E-state index in [0.29, 0.717) is 23.1 Å². The summed E-state index contributed by atoms with van der Waals surface area (Å²) in [6, 6.07) is 12.0. The molecule has 1 unspecified atom stereocenters. The zero-order valence-corrected chi connectivity index (χ0v) is 18.2. The molecule has 8 nitrogen and oxygen atoms in total. The number of nitrogens with zero attached hydrogens (tertiary/aromatic N) is 2. The van der Waals surface area contributed by atoms with Crippen molar-refractivity contribution in [1.29, 1.82) is 0 Å². The first kappa shape index (κ1) is 21.5. The predicted molar refractivity (Wildman–Crippen MR) is 118 cm³/mol. The number of benzene rings is 2. The van der Waals surface area contributed by atoms with Gasteiger partial charge in [-0.1, -0.05) is 24.3 Å². The topological polar surface area (TPSA) is 96.0 Å². The number of imide groups is 1. The monoisotopic (exact) mass is 447 g/mol. The van der Waals surface area contributed by atoms with Crippen molar-refractivity contribution in [3.8, 4) is 0 Å². The van der Waals surface area contributed by atoms with Gasteiger partial charge in [-0.2, -0.15) is 0 Å². The summed E-state index contributed by atoms with van der Waals surface area (Å²) in [5, 5.41) is 2.30. The summed E-state index contributed by atoms with van der Waals surface area (Å²) >= 11 is 0. The number of morpholine rings is 1. The number of ketones is 1. The van der Waals surface area contributed by atoms with Gasteiger partial charge in [-0.05, 0) is 35.7 Å². The van der Waals surface area contributed by atoms with E-state index in [-0.39, 0.29) is 30.6 Å². The number of carbonyl (C=O) groups excluding carboxylic acids is 4. The van der Waals surface area contributed by atoms with Crippen LogP contribution in [0.1, 0.15) is 50.2 Å². The lowest BCUT2D eigenvalue weighted by Gasteiger charge is -2.29. The molecule has 33 heavy (non-hydrogen) atoms. The van der Waals surface area contributed by atoms with Crippen LogP contribution in [0.2, 0.25) is 0 Å². The smallest absolute Gasteiger partial charge is 0.255 e. The van der Waals surface area contributed by atoms with Crippen molar-refractivity contribution in [2.75, 3.05) is 26.3 Å². The second-order valence-electron chi connectivity index (χ2n) is 8.69. The van der Waals surface area contributed by atoms with Gasteiger partial charge in [0.15, 0.2) is 5.78 Å². The molecular weight excluding hydrogens is 422 g/mol. The van der Waals surface area contributed by atoms with Crippen LogP contribution in [0.4, 0.5) is 0 Å². The normalized spacial score (nSPS) is 21.2. The Morgan fingerprint density at radius 3 is 2.61 bits per heavy atom. The Morgan fingerprint density at radius 1 is 1.03 bits per heavy atom. The number of carbonyl (C=O) groups is 4. The van der Waals surface area contributed by atoms with Gasteiger partial charge in [0.1, 0.15) is 6.04 Å². The molecular formula is C25H25N3O5. The van der Waals surface area contributed by atoms with Gasteiger partial charge in [-0.15, -0.1) is 0 Å². The lowest BCUT2D eigenvalue weighted by molar-refractivity contribution is -0.136. The van der Waals surface area contributed by atoms with Gasteiger partial charge < -0.3 is 9.64 Å². The van der Waals surface area contributed by atoms with E-state index in [0.717, 1.165) is 44.0 Å². The molecule has 8 heteroatoms. The molecule has 3 aliphatic heterocycles. The Bertz CT molecular complexity index is 1140. The Labute approximate surface area is 191 Å². The molecule has 1 atom stereocenters. The van der Waals surface area contributed by atoms with Gasteiger partial charge in [0.05, 0.1) is 13.2 Å². The largest absolute Gasteiger partial charge is 0.379 e. The Morgan fingerprint density at radius 2 is 1.82 bits per heavy atom. The number of hydrogen-bond acceptors (Lipinski definition) is 6. The fraction of sp³-hybridized carbons (Fsp3) is 0.360. The summed E-state index contributed by atoms with van der Waals surface area (Å²) in [5.74, 6) is -1.11. The molecule has 170 valence electrons. The van der Waals surface area contributed by atoms with Gasteiger partial charge in [0.25, 0.3) is 5.91 Å². The van der Waals surface area contributed by atoms with Crippen molar-refractivity contribution in [1.82, 2.24) is 15.1 Å². The maximum absolute atomic E-state index is 13.2. The van der Waals surface area contributed by atoms with E-state index in [4.69, 9.17) is 4.74 Å². The maximum atomic E-state index is 13.2. The number of hydrogen-bond donors (Lipinski definition) is 1. The van der Waals surface area contributed by atoms with E-state index in [2.05, 4.69) is 10.2 Å². The Kier molecular flexibility index (Phi) is 5.78. The van der Waals surface area contributed by atoms with Gasteiger partial charge in [-0.25, -0.2) is 0 Å². The predicted octanol–water partition coefficient (Wildman–Crippen LogP) is 1.51. The molecule has 5 rings (SSSR count). The van der Waals surface area contributed by atoms with Gasteiger partial charge in [0, 0.05) is 49.3 Å². The van der Waals surface area contributed by atoms with Crippen molar-refractivity contribution in [3.05, 3.63) is 70.3 Å². The molecule has 1 N–H and O–H groups in total. The fourth-order valence-electron chi connectivity index (χ4n) is 4.71. The van der Waals surface area contributed by atoms with E-state index >= 15 is 0 Å². The first-order chi connectivity index (χ1) is 16.0. The first-order valence-corrected chi connectivity index (χ1v) is 11.2. The number of fused-ring (bicyclic) bond motifs is 1. The maximum Gasteiger partial charge on any atom is 0.255 e. The quantitative estimate of drug-likeness (QED) is 0.552. The summed E-state index contributed by atoms with van der Waals surface area (Å²) in [7, 11) is 0. The van der Waals surface area contributed by atoms with E-state index in [9.17, 15) is 19.2 Å². The molecule has 2 fully saturated rings. The molecule has 0 radical (unpaired) electrons. The third-order valence-electron chi connectivity index (χ3n) is 6.48. The van der Waals surface area contributed by atoms with Crippen LogP contribution in [0.25, 0.3) is 0 Å². The highest BCUT2D eigenvalue weighted by atomic mass is 16.5. The van der Waals surface area contributed by atoms with Gasteiger partial charge in [-0.3, -0.25) is 29.4 Å². The number of ether oxygens (including phenoxy) is 1. The number of piperidine rings is 1. The molecule has 3 heterocycles. The minimum atomic E-state index is -0.668. The highest BCUT2D eigenvalue weighted by Gasteiger charge is 2.39. The average molecular weight is 447 g/mol. The lowest BCUT2D eigenvalue weighted by atomic mass is 9.98. The van der Waals surface area contributed by atoms with Crippen molar-refractivity contribution < 1.29 is 23.9 Å². The Hall–Kier alpha value is -3.36. The first-order valence-electron chi connectivity index (χ1n) is 11.2. The van der Waals surface area contributed by atoms with Gasteiger partial charge in [0.2, 0.25) is 11.8 Å². The van der Waals surface area contributed by atoms with Crippen molar-refractivity contribution in [3.63, 3.8) is 0 Å². The van der Waals surface area contributed by atoms with Crippen LogP contribution in [0, 0.1) is 0 Å². The van der Waals surface area contributed by atoms with Crippen LogP contribution in [0.5, 0.6) is 0 Å². The van der Waals surface area contributed by atoms with Gasteiger partial charge >= 0.3 is 0 Å². The van der Waals surface area contributed by atoms with E-state index in [1.165, 1.54) is 4.90 Å². The highest BCUT2D eigenvalue weighted by Crippen LogP contribution is 2.29. The second kappa shape index (κ2) is 8.88. The molecule has 3 aliphatic rings. The molecule has 0 aromatic heterocycles. The number of nitrogens with one attached hydrogen (secondary N) is 1. The number of rotatable bonds is 5. The molecule has 2 aromatic rings. The summed E-state index contributed by atoms with van der Waals surface area (Å²) in [6.07, 6.45) is 0.521. The zero-order chi connectivity index (χ0) is 22.9. The fourth-order valence-corrected chi connectivity index (χ4v) is 4.71. The van der Waals surface area contributed by atoms with Crippen LogP contribution in [0.15, 0.2) is 42.5 Å². The summed E-state index contributed by atoms with van der Waals surface area (Å²) in [4.78, 5) is 53.5. The van der Waals surface area contributed by atoms with E-state index in [1.54, 1.807) is 24.3 Å². The highest BCUT2D eigenvalue weighted by molar-refractivity contribution is 6.10. The number of amides is 3. The molecule has 3 amide bonds. The summed E-state index contributed by atoms with van der Waals surface area (Å²) in [6.45, 7) is 4.22. The van der Waals surface area contributed by atoms with Crippen molar-refractivity contribution in [2.45, 2.75) is 32.0 Å². The van der Waals surface area contributed by atoms with Crippen LogP contribution < -0.4 is 5.32 Å². The molecule has 0 aliphatic carbocycles. The SMILES string of the molecule is O=C1CCC(N2Cc3cc(C(=O)c4cccc(CN5CCOCC5)c4)ccc3C2=O)C(=O)N1. The zero-order valence-electron chi connectivity index (χ0n) is 18.2. The second-order valence-corrected chi connectivity index (χ2v) is 8.69. The van der Waals surface area contributed by atoms with E-state index < -0.39 is 11.9 Å². The third-order valence-corrected chi connectivity index (χ3v) is 6.48. The standard InChI is InChI=1S/C25H25N3O5/c29-22-7-6-21(24(31)26-22)28-15-19-13-18(4-5-20(19)25(28)32)23(30)17-3-1-2-16(12-17)14-27-8-10-33-11-9-27/h1-5,12-13,21H,6-11,14-15H2,(H,26,29,31). The molecule has 0 saturated carbocycles. The molecule has 0 spiro atoms. The summed E-state index contributed by atoms with van der Waals surface area (Å²) in [5.41, 5.74) is 3.41. The Balaban J connectivity index is 1.33. The lowest BCUT2D eigenvalue weighted by Crippen LogP contribution is -2.52. The van der Waals surface area contributed by atoms with Crippen molar-refractivity contribution in [2.24, 2.45) is 0 Å². The molecule has 2 aromatic carbocycles. The van der Waals surface area contributed by atoms with Crippen LogP contribution >= 0.6 is 0 Å². The van der Waals surface area contributed by atoms with Crippen LogP contribution in [-0.2, 0) is 27.4 Å². The van der Waals surface area contributed by atoms with Crippen molar-refractivity contribution >= 4 is 23.5 Å². The van der Waals surface area contributed by atoms with Crippen LogP contribution in [0.3, 0.4) is 0 Å². The third kappa shape index (κ3) is 4.31. The van der Waals surface area contributed by atoms with Crippen LogP contribution in [-0.4, -0.2) is 65.6 Å². The summed E-state index contributed by atoms with van der Waals surface area (Å²) < 4.78 is 5.40. The van der Waals surface area contributed by atoms with E-state index in [1.807, 2.05) is 18.2 Å².